The van der Waals surface area contributed by atoms with E-state index < -0.39 is 4.92 Å². The van der Waals surface area contributed by atoms with Gasteiger partial charge in [0.05, 0.1) is 27.4 Å². The molecule has 0 fully saturated rings. The van der Waals surface area contributed by atoms with Crippen LogP contribution in [-0.2, 0) is 0 Å². The number of nitrogens with zero attached hydrogens (tertiary/aromatic N) is 4. The van der Waals surface area contributed by atoms with E-state index in [0.717, 1.165) is 0 Å². The zero-order chi connectivity index (χ0) is 14.1. The van der Waals surface area contributed by atoms with Crippen molar-refractivity contribution in [3.63, 3.8) is 0 Å². The maximum absolute atomic E-state index is 10.8. The molecule has 3 rings (SSSR count). The van der Waals surface area contributed by atoms with Crippen molar-refractivity contribution in [3.05, 3.63) is 58.0 Å². The lowest BCUT2D eigenvalue weighted by atomic mass is 10.1. The second-order valence-corrected chi connectivity index (χ2v) is 4.45. The van der Waals surface area contributed by atoms with Crippen LogP contribution >= 0.6 is 11.6 Å². The number of nitro benzene ring substituents is 1. The van der Waals surface area contributed by atoms with Crippen LogP contribution < -0.4 is 0 Å². The van der Waals surface area contributed by atoms with Crippen LogP contribution in [0.25, 0.3) is 22.3 Å². The molecule has 0 amide bonds. The maximum Gasteiger partial charge on any atom is 0.270 e. The minimum absolute atomic E-state index is 0.0318. The van der Waals surface area contributed by atoms with E-state index in [1.165, 1.54) is 24.5 Å². The quantitative estimate of drug-likeness (QED) is 0.533. The molecule has 2 aromatic heterocycles. The topological polar surface area (TPSA) is 81.8 Å². The second-order valence-electron chi connectivity index (χ2n) is 4.04. The summed E-state index contributed by atoms with van der Waals surface area (Å²) in [5.41, 5.74) is 2.32. The van der Waals surface area contributed by atoms with Crippen LogP contribution in [0, 0.1) is 10.1 Å². The van der Waals surface area contributed by atoms with Crippen LogP contribution in [0.4, 0.5) is 5.69 Å². The van der Waals surface area contributed by atoms with Crippen molar-refractivity contribution in [1.29, 1.82) is 0 Å². The van der Waals surface area contributed by atoms with E-state index in [4.69, 9.17) is 11.6 Å². The largest absolute Gasteiger partial charge is 0.270 e. The SMILES string of the molecule is O=[N+]([O-])c1ccc(Cl)c(-c2ccc3ncncc3n2)c1. The fourth-order valence-corrected chi connectivity index (χ4v) is 2.06. The number of fused-ring (bicyclic) bond motifs is 1. The molecule has 0 aliphatic rings. The molecule has 20 heavy (non-hydrogen) atoms. The van der Waals surface area contributed by atoms with Crippen molar-refractivity contribution < 1.29 is 4.92 Å². The van der Waals surface area contributed by atoms with Crippen LogP contribution in [0.2, 0.25) is 5.02 Å². The average Bonchev–Trinajstić information content (AvgIpc) is 2.47. The smallest absolute Gasteiger partial charge is 0.258 e. The average molecular weight is 287 g/mol. The summed E-state index contributed by atoms with van der Waals surface area (Å²) in [6.07, 6.45) is 3.01. The van der Waals surface area contributed by atoms with E-state index in [1.54, 1.807) is 18.3 Å². The first-order valence-electron chi connectivity index (χ1n) is 5.66. The van der Waals surface area contributed by atoms with Gasteiger partial charge in [0.25, 0.3) is 5.69 Å². The Bertz CT molecular complexity index is 822. The minimum atomic E-state index is -0.468. The number of aromatic nitrogens is 3. The molecular weight excluding hydrogens is 280 g/mol. The first-order chi connectivity index (χ1) is 9.65. The predicted octanol–water partition coefficient (Wildman–Crippen LogP) is 3.25. The molecule has 0 saturated carbocycles. The van der Waals surface area contributed by atoms with Crippen molar-refractivity contribution in [3.8, 4) is 11.3 Å². The second kappa shape index (κ2) is 4.82. The Morgan fingerprint density at radius 1 is 1.15 bits per heavy atom. The summed E-state index contributed by atoms with van der Waals surface area (Å²) in [7, 11) is 0. The Balaban J connectivity index is 2.19. The van der Waals surface area contributed by atoms with Crippen molar-refractivity contribution in [2.45, 2.75) is 0 Å². The van der Waals surface area contributed by atoms with Gasteiger partial charge in [0.2, 0.25) is 0 Å². The Morgan fingerprint density at radius 2 is 2.00 bits per heavy atom. The molecule has 6 nitrogen and oxygen atoms in total. The molecule has 2 heterocycles. The zero-order valence-electron chi connectivity index (χ0n) is 10.0. The molecule has 98 valence electrons. The van der Waals surface area contributed by atoms with Gasteiger partial charge in [0.15, 0.2) is 0 Å². The summed E-state index contributed by atoms with van der Waals surface area (Å²) in [5, 5.41) is 11.2. The highest BCUT2D eigenvalue weighted by Crippen LogP contribution is 2.30. The fourth-order valence-electron chi connectivity index (χ4n) is 1.84. The molecule has 0 unspecified atom stereocenters. The maximum atomic E-state index is 10.8. The van der Waals surface area contributed by atoms with Crippen molar-refractivity contribution in [2.24, 2.45) is 0 Å². The van der Waals surface area contributed by atoms with Crippen molar-refractivity contribution in [1.82, 2.24) is 15.0 Å². The monoisotopic (exact) mass is 286 g/mol. The van der Waals surface area contributed by atoms with E-state index >= 15 is 0 Å². The summed E-state index contributed by atoms with van der Waals surface area (Å²) < 4.78 is 0. The highest BCUT2D eigenvalue weighted by atomic mass is 35.5. The van der Waals surface area contributed by atoms with E-state index in [1.807, 2.05) is 0 Å². The third-order valence-corrected chi connectivity index (χ3v) is 3.13. The molecule has 0 N–H and O–H groups in total. The molecule has 0 aliphatic heterocycles. The fraction of sp³-hybridized carbons (Fsp3) is 0. The summed E-state index contributed by atoms with van der Waals surface area (Å²) in [6, 6.07) is 7.74. The first-order valence-corrected chi connectivity index (χ1v) is 6.04. The Kier molecular flexibility index (Phi) is 3.00. The number of benzene rings is 1. The van der Waals surface area contributed by atoms with E-state index in [-0.39, 0.29) is 5.69 Å². The molecule has 3 aromatic rings. The number of hydrogen-bond donors (Lipinski definition) is 0. The van der Waals surface area contributed by atoms with Gasteiger partial charge in [-0.05, 0) is 18.2 Å². The summed E-state index contributed by atoms with van der Waals surface area (Å²) in [6.45, 7) is 0. The highest BCUT2D eigenvalue weighted by molar-refractivity contribution is 6.33. The van der Waals surface area contributed by atoms with E-state index in [0.29, 0.717) is 27.3 Å². The summed E-state index contributed by atoms with van der Waals surface area (Å²) in [5.74, 6) is 0. The van der Waals surface area contributed by atoms with Crippen LogP contribution in [0.3, 0.4) is 0 Å². The first kappa shape index (κ1) is 12.4. The van der Waals surface area contributed by atoms with Gasteiger partial charge >= 0.3 is 0 Å². The Hall–Kier alpha value is -2.60. The van der Waals surface area contributed by atoms with Gasteiger partial charge in [-0.2, -0.15) is 0 Å². The normalized spacial score (nSPS) is 10.7. The van der Waals surface area contributed by atoms with Crippen LogP contribution in [0.5, 0.6) is 0 Å². The molecule has 0 aliphatic carbocycles. The number of pyridine rings is 1. The number of halogens is 1. The lowest BCUT2D eigenvalue weighted by molar-refractivity contribution is -0.384. The summed E-state index contributed by atoms with van der Waals surface area (Å²) >= 11 is 6.09. The zero-order valence-corrected chi connectivity index (χ0v) is 10.8. The van der Waals surface area contributed by atoms with Gasteiger partial charge in [0, 0.05) is 17.7 Å². The van der Waals surface area contributed by atoms with Crippen LogP contribution in [-0.4, -0.2) is 19.9 Å². The Morgan fingerprint density at radius 3 is 2.80 bits per heavy atom. The number of nitro groups is 1. The standard InChI is InChI=1S/C13H7ClN4O2/c14-10-2-1-8(18(19)20)5-9(10)11-3-4-12-13(17-11)6-15-7-16-12/h1-7H. The van der Waals surface area contributed by atoms with Gasteiger partial charge in [-0.1, -0.05) is 11.6 Å². The van der Waals surface area contributed by atoms with E-state index in [2.05, 4.69) is 15.0 Å². The molecule has 0 atom stereocenters. The highest BCUT2D eigenvalue weighted by Gasteiger charge is 2.12. The van der Waals surface area contributed by atoms with Gasteiger partial charge in [0.1, 0.15) is 11.8 Å². The number of rotatable bonds is 2. The molecule has 0 spiro atoms. The van der Waals surface area contributed by atoms with E-state index in [9.17, 15) is 10.1 Å². The molecule has 0 radical (unpaired) electrons. The number of non-ortho nitro benzene ring substituents is 1. The molecule has 0 bridgehead atoms. The van der Waals surface area contributed by atoms with Gasteiger partial charge in [-0.25, -0.2) is 15.0 Å². The third-order valence-electron chi connectivity index (χ3n) is 2.80. The van der Waals surface area contributed by atoms with Crippen LogP contribution in [0.15, 0.2) is 42.9 Å². The summed E-state index contributed by atoms with van der Waals surface area (Å²) in [4.78, 5) is 22.7. The lowest BCUT2D eigenvalue weighted by Crippen LogP contribution is -1.92. The minimum Gasteiger partial charge on any atom is -0.258 e. The molecular formula is C13H7ClN4O2. The van der Waals surface area contributed by atoms with Crippen molar-refractivity contribution >= 4 is 28.3 Å². The van der Waals surface area contributed by atoms with Gasteiger partial charge in [-0.3, -0.25) is 10.1 Å². The number of hydrogen-bond acceptors (Lipinski definition) is 5. The Labute approximate surface area is 118 Å². The van der Waals surface area contributed by atoms with Gasteiger partial charge < -0.3 is 0 Å². The lowest BCUT2D eigenvalue weighted by Gasteiger charge is -2.04. The molecule has 7 heteroatoms. The third kappa shape index (κ3) is 2.17. The van der Waals surface area contributed by atoms with Gasteiger partial charge in [-0.15, -0.1) is 0 Å². The van der Waals surface area contributed by atoms with Crippen molar-refractivity contribution in [2.75, 3.05) is 0 Å². The van der Waals surface area contributed by atoms with Crippen LogP contribution in [0.1, 0.15) is 0 Å². The predicted molar refractivity (Wildman–Crippen MR) is 74.4 cm³/mol. The molecule has 1 aromatic carbocycles. The molecule has 0 saturated heterocycles.